The number of hydrogen-bond donors (Lipinski definition) is 2. The fourth-order valence-electron chi connectivity index (χ4n) is 3.15. The van der Waals surface area contributed by atoms with Gasteiger partial charge in [-0.2, -0.15) is 0 Å². The SMILES string of the molecule is Cc1ccc(N2C(=O)NC(=O)/C(=C/c3ccc(-c4cccc(C(=O)O)c4)o3)C2=O)cc1Cl. The predicted molar refractivity (Wildman–Crippen MR) is 116 cm³/mol. The Morgan fingerprint density at radius 1 is 1.09 bits per heavy atom. The molecule has 2 aromatic carbocycles. The van der Waals surface area contributed by atoms with Crippen LogP contribution in [-0.2, 0) is 9.59 Å². The highest BCUT2D eigenvalue weighted by Crippen LogP contribution is 2.28. The van der Waals surface area contributed by atoms with E-state index in [-0.39, 0.29) is 22.6 Å². The molecule has 0 saturated carbocycles. The molecule has 1 aliphatic rings. The van der Waals surface area contributed by atoms with Gasteiger partial charge in [0.05, 0.1) is 11.3 Å². The second-order valence-corrected chi connectivity index (χ2v) is 7.39. The van der Waals surface area contributed by atoms with Gasteiger partial charge in [0.15, 0.2) is 0 Å². The molecule has 8 nitrogen and oxygen atoms in total. The second-order valence-electron chi connectivity index (χ2n) is 6.98. The summed E-state index contributed by atoms with van der Waals surface area (Å²) in [6.07, 6.45) is 1.22. The molecule has 4 amide bonds. The van der Waals surface area contributed by atoms with E-state index in [0.717, 1.165) is 10.5 Å². The van der Waals surface area contributed by atoms with E-state index in [1.54, 1.807) is 37.3 Å². The molecule has 1 saturated heterocycles. The van der Waals surface area contributed by atoms with Crippen molar-refractivity contribution in [3.05, 3.63) is 82.1 Å². The number of urea groups is 1. The second kappa shape index (κ2) is 8.16. The maximum absolute atomic E-state index is 13.0. The lowest BCUT2D eigenvalue weighted by molar-refractivity contribution is -0.122. The van der Waals surface area contributed by atoms with Crippen LogP contribution in [0.1, 0.15) is 21.7 Å². The molecule has 0 aliphatic carbocycles. The molecule has 1 aliphatic heterocycles. The monoisotopic (exact) mass is 450 g/mol. The summed E-state index contributed by atoms with van der Waals surface area (Å²) in [6, 6.07) is 13.0. The van der Waals surface area contributed by atoms with Crippen LogP contribution in [0.15, 0.2) is 64.6 Å². The van der Waals surface area contributed by atoms with Crippen molar-refractivity contribution in [1.82, 2.24) is 5.32 Å². The normalized spacial score (nSPS) is 15.2. The van der Waals surface area contributed by atoms with E-state index in [2.05, 4.69) is 5.32 Å². The summed E-state index contributed by atoms with van der Waals surface area (Å²) in [5, 5.41) is 11.6. The van der Waals surface area contributed by atoms with Crippen molar-refractivity contribution in [2.75, 3.05) is 4.90 Å². The molecule has 0 bridgehead atoms. The molecule has 1 fully saturated rings. The van der Waals surface area contributed by atoms with E-state index < -0.39 is 23.8 Å². The third-order valence-electron chi connectivity index (χ3n) is 4.82. The average Bonchev–Trinajstić information content (AvgIpc) is 3.22. The molecule has 9 heteroatoms. The molecule has 0 radical (unpaired) electrons. The summed E-state index contributed by atoms with van der Waals surface area (Å²) in [5.41, 5.74) is 1.28. The molecule has 0 unspecified atom stereocenters. The van der Waals surface area contributed by atoms with Gasteiger partial charge < -0.3 is 9.52 Å². The highest BCUT2D eigenvalue weighted by molar-refractivity contribution is 6.39. The number of nitrogens with zero attached hydrogens (tertiary/aromatic N) is 1. The van der Waals surface area contributed by atoms with Gasteiger partial charge in [0.25, 0.3) is 11.8 Å². The molecule has 32 heavy (non-hydrogen) atoms. The maximum Gasteiger partial charge on any atom is 0.335 e. The van der Waals surface area contributed by atoms with E-state index in [1.807, 2.05) is 0 Å². The number of benzene rings is 2. The van der Waals surface area contributed by atoms with Gasteiger partial charge in [-0.1, -0.05) is 29.8 Å². The van der Waals surface area contributed by atoms with Crippen molar-refractivity contribution in [3.8, 4) is 11.3 Å². The Kier molecular flexibility index (Phi) is 5.38. The fourth-order valence-corrected chi connectivity index (χ4v) is 3.32. The Balaban J connectivity index is 1.67. The molecule has 0 atom stereocenters. The number of aryl methyl sites for hydroxylation is 1. The zero-order chi connectivity index (χ0) is 23.0. The number of halogens is 1. The molecule has 160 valence electrons. The molecule has 2 N–H and O–H groups in total. The summed E-state index contributed by atoms with van der Waals surface area (Å²) in [6.45, 7) is 1.78. The van der Waals surface area contributed by atoms with Gasteiger partial charge in [0.2, 0.25) is 0 Å². The van der Waals surface area contributed by atoms with Crippen molar-refractivity contribution in [3.63, 3.8) is 0 Å². The summed E-state index contributed by atoms with van der Waals surface area (Å²) in [5.74, 6) is -2.24. The first-order valence-electron chi connectivity index (χ1n) is 9.36. The summed E-state index contributed by atoms with van der Waals surface area (Å²) >= 11 is 6.11. The first-order valence-corrected chi connectivity index (χ1v) is 9.73. The minimum Gasteiger partial charge on any atom is -0.478 e. The molecule has 1 aromatic heterocycles. The van der Waals surface area contributed by atoms with E-state index in [4.69, 9.17) is 21.1 Å². The third-order valence-corrected chi connectivity index (χ3v) is 5.23. The minimum absolute atomic E-state index is 0.0894. The van der Waals surface area contributed by atoms with Crippen molar-refractivity contribution in [2.45, 2.75) is 6.92 Å². The topological polar surface area (TPSA) is 117 Å². The van der Waals surface area contributed by atoms with Crippen LogP contribution in [0.3, 0.4) is 0 Å². The van der Waals surface area contributed by atoms with Crippen molar-refractivity contribution >= 4 is 47.2 Å². The minimum atomic E-state index is -1.08. The Morgan fingerprint density at radius 2 is 1.88 bits per heavy atom. The lowest BCUT2D eigenvalue weighted by atomic mass is 10.1. The van der Waals surface area contributed by atoms with Gasteiger partial charge in [0, 0.05) is 10.6 Å². The maximum atomic E-state index is 13.0. The number of hydrogen-bond acceptors (Lipinski definition) is 5. The summed E-state index contributed by atoms with van der Waals surface area (Å²) < 4.78 is 5.68. The Labute approximate surface area is 186 Å². The number of carbonyl (C=O) groups excluding carboxylic acids is 3. The number of rotatable bonds is 4. The van der Waals surface area contributed by atoms with Crippen LogP contribution in [0, 0.1) is 6.92 Å². The van der Waals surface area contributed by atoms with Crippen molar-refractivity contribution in [1.29, 1.82) is 0 Å². The number of carboxylic acids is 1. The highest BCUT2D eigenvalue weighted by Gasteiger charge is 2.37. The molecule has 2 heterocycles. The van der Waals surface area contributed by atoms with Crippen LogP contribution in [-0.4, -0.2) is 28.9 Å². The van der Waals surface area contributed by atoms with Gasteiger partial charge in [0.1, 0.15) is 17.1 Å². The molecular formula is C23H15ClN2O6. The van der Waals surface area contributed by atoms with Crippen LogP contribution in [0.4, 0.5) is 10.5 Å². The number of amides is 4. The smallest absolute Gasteiger partial charge is 0.335 e. The van der Waals surface area contributed by atoms with E-state index in [9.17, 15) is 19.2 Å². The number of anilines is 1. The quantitative estimate of drug-likeness (QED) is 0.452. The van der Waals surface area contributed by atoms with Gasteiger partial charge in [-0.25, -0.2) is 14.5 Å². The molecule has 4 rings (SSSR count). The van der Waals surface area contributed by atoms with Crippen LogP contribution < -0.4 is 10.2 Å². The zero-order valence-electron chi connectivity index (χ0n) is 16.6. The Morgan fingerprint density at radius 3 is 2.59 bits per heavy atom. The number of carboxylic acid groups (broad SMARTS) is 1. The van der Waals surface area contributed by atoms with E-state index in [1.165, 1.54) is 30.3 Å². The first-order chi connectivity index (χ1) is 15.2. The fraction of sp³-hybridized carbons (Fsp3) is 0.0435. The number of aromatic carboxylic acids is 1. The highest BCUT2D eigenvalue weighted by atomic mass is 35.5. The number of imide groups is 2. The van der Waals surface area contributed by atoms with Crippen LogP contribution in [0.5, 0.6) is 0 Å². The predicted octanol–water partition coefficient (Wildman–Crippen LogP) is 4.27. The number of furan rings is 1. The summed E-state index contributed by atoms with van der Waals surface area (Å²) in [4.78, 5) is 49.6. The van der Waals surface area contributed by atoms with Gasteiger partial charge >= 0.3 is 12.0 Å². The number of nitrogens with one attached hydrogen (secondary N) is 1. The third kappa shape index (κ3) is 3.91. The van der Waals surface area contributed by atoms with Crippen LogP contribution >= 0.6 is 11.6 Å². The van der Waals surface area contributed by atoms with Gasteiger partial charge in [-0.05, 0) is 55.0 Å². The van der Waals surface area contributed by atoms with E-state index in [0.29, 0.717) is 16.3 Å². The van der Waals surface area contributed by atoms with Gasteiger partial charge in [-0.15, -0.1) is 0 Å². The first kappa shape index (κ1) is 21.1. The standard InChI is InChI=1S/C23H15ClN2O6/c1-12-5-6-15(10-18(12)24)26-21(28)17(20(27)25-23(26)31)11-16-7-8-19(32-16)13-3-2-4-14(9-13)22(29)30/h2-11H,1H3,(H,29,30)(H,25,27,31)/b17-11-. The molecule has 0 spiro atoms. The van der Waals surface area contributed by atoms with Crippen molar-refractivity contribution < 1.29 is 28.7 Å². The average molecular weight is 451 g/mol. The van der Waals surface area contributed by atoms with Gasteiger partial charge in [-0.3, -0.25) is 14.9 Å². The largest absolute Gasteiger partial charge is 0.478 e. The Hall–Kier alpha value is -4.17. The Bertz CT molecular complexity index is 1320. The summed E-state index contributed by atoms with van der Waals surface area (Å²) in [7, 11) is 0. The van der Waals surface area contributed by atoms with Crippen LogP contribution in [0.2, 0.25) is 5.02 Å². The molecule has 3 aromatic rings. The number of carbonyl (C=O) groups is 4. The lowest BCUT2D eigenvalue weighted by Gasteiger charge is -2.26. The zero-order valence-corrected chi connectivity index (χ0v) is 17.3. The lowest BCUT2D eigenvalue weighted by Crippen LogP contribution is -2.54. The molecular weight excluding hydrogens is 436 g/mol. The number of barbiturate groups is 1. The van der Waals surface area contributed by atoms with Crippen molar-refractivity contribution in [2.24, 2.45) is 0 Å². The van der Waals surface area contributed by atoms with E-state index >= 15 is 0 Å². The van der Waals surface area contributed by atoms with Crippen LogP contribution in [0.25, 0.3) is 17.4 Å².